The summed E-state index contributed by atoms with van der Waals surface area (Å²) in [6.07, 6.45) is 3.42. The Morgan fingerprint density at radius 3 is 2.81 bits per heavy atom. The third-order valence-electron chi connectivity index (χ3n) is 4.23. The number of nitrogens with zero attached hydrogens (tertiary/aromatic N) is 1. The van der Waals surface area contributed by atoms with E-state index in [9.17, 15) is 4.79 Å². The van der Waals surface area contributed by atoms with Gasteiger partial charge in [0.1, 0.15) is 5.75 Å². The molecule has 1 heterocycles. The van der Waals surface area contributed by atoms with Crippen LogP contribution in [0.2, 0.25) is 0 Å². The molecule has 0 spiro atoms. The average Bonchev–Trinajstić information content (AvgIpc) is 2.62. The Balaban J connectivity index is 1.72. The van der Waals surface area contributed by atoms with Gasteiger partial charge in [-0.25, -0.2) is 0 Å². The highest BCUT2D eigenvalue weighted by Gasteiger charge is 2.21. The van der Waals surface area contributed by atoms with Crippen LogP contribution in [-0.4, -0.2) is 54.9 Å². The predicted octanol–water partition coefficient (Wildman–Crippen LogP) is 2.79. The summed E-state index contributed by atoms with van der Waals surface area (Å²) in [6.45, 7) is 7.34. The van der Waals surface area contributed by atoms with Crippen molar-refractivity contribution in [3.8, 4) is 5.75 Å². The maximum Gasteiger partial charge on any atom is 0.240 e. The van der Waals surface area contributed by atoms with Crippen molar-refractivity contribution in [3.05, 3.63) is 24.3 Å². The highest BCUT2D eigenvalue weighted by atomic mass is 32.1. The molecule has 1 atom stereocenters. The molecule has 1 unspecified atom stereocenters. The van der Waals surface area contributed by atoms with Gasteiger partial charge in [-0.2, -0.15) is 0 Å². The molecule has 144 valence electrons. The van der Waals surface area contributed by atoms with E-state index in [0.717, 1.165) is 31.0 Å². The van der Waals surface area contributed by atoms with E-state index in [1.165, 1.54) is 12.8 Å². The van der Waals surface area contributed by atoms with Gasteiger partial charge < -0.3 is 20.1 Å². The summed E-state index contributed by atoms with van der Waals surface area (Å²) in [7, 11) is 0. The van der Waals surface area contributed by atoms with Gasteiger partial charge in [0.05, 0.1) is 26.4 Å². The topological polar surface area (TPSA) is 62.8 Å². The molecular weight excluding hydrogens is 350 g/mol. The fraction of sp³-hybridized carbons (Fsp3) is 0.579. The minimum absolute atomic E-state index is 0.118. The zero-order valence-electron chi connectivity index (χ0n) is 15.6. The maximum atomic E-state index is 12.1. The summed E-state index contributed by atoms with van der Waals surface area (Å²) < 4.78 is 11.1. The Labute approximate surface area is 161 Å². The minimum Gasteiger partial charge on any atom is -0.494 e. The molecule has 26 heavy (non-hydrogen) atoms. The second-order valence-corrected chi connectivity index (χ2v) is 6.88. The number of thiocarbonyl (C=S) groups is 1. The Kier molecular flexibility index (Phi) is 8.80. The molecule has 2 rings (SSSR count). The molecule has 1 aromatic rings. The van der Waals surface area contributed by atoms with Crippen LogP contribution >= 0.6 is 12.2 Å². The first-order valence-corrected chi connectivity index (χ1v) is 9.64. The highest BCUT2D eigenvalue weighted by Crippen LogP contribution is 2.16. The molecule has 1 fully saturated rings. The number of hydrogen-bond donors (Lipinski definition) is 2. The standard InChI is InChI=1S/C19H29N3O3S/c1-3-4-5-11-25-17-8-6-16(7-9-17)20-19(26)21-18(23)13-22-10-12-24-14-15(22)2/h6-9,15H,3-5,10-14H2,1-2H3,(H2,20,21,23,26). The fourth-order valence-corrected chi connectivity index (χ4v) is 2.92. The number of carbonyl (C=O) groups is 1. The molecule has 6 nitrogen and oxygen atoms in total. The fourth-order valence-electron chi connectivity index (χ4n) is 2.69. The van der Waals surface area contributed by atoms with Crippen LogP contribution in [0, 0.1) is 0 Å². The number of hydrogen-bond acceptors (Lipinski definition) is 5. The molecule has 0 aliphatic carbocycles. The zero-order valence-corrected chi connectivity index (χ0v) is 16.4. The first-order chi connectivity index (χ1) is 12.6. The zero-order chi connectivity index (χ0) is 18.8. The van der Waals surface area contributed by atoms with Crippen LogP contribution in [0.1, 0.15) is 33.1 Å². The van der Waals surface area contributed by atoms with Crippen molar-refractivity contribution in [2.24, 2.45) is 0 Å². The van der Waals surface area contributed by atoms with E-state index in [4.69, 9.17) is 21.7 Å². The molecule has 1 saturated heterocycles. The van der Waals surface area contributed by atoms with E-state index in [1.807, 2.05) is 24.3 Å². The summed E-state index contributed by atoms with van der Waals surface area (Å²) in [5, 5.41) is 6.05. The van der Waals surface area contributed by atoms with Crippen molar-refractivity contribution in [1.29, 1.82) is 0 Å². The molecule has 7 heteroatoms. The van der Waals surface area contributed by atoms with E-state index < -0.39 is 0 Å². The molecule has 0 aromatic heterocycles. The van der Waals surface area contributed by atoms with E-state index in [-0.39, 0.29) is 11.9 Å². The van der Waals surface area contributed by atoms with Crippen LogP contribution in [0.15, 0.2) is 24.3 Å². The number of ether oxygens (including phenoxy) is 2. The second kappa shape index (κ2) is 11.1. The third-order valence-corrected chi connectivity index (χ3v) is 4.44. The molecule has 1 aromatic carbocycles. The number of morpholine rings is 1. The Morgan fingerprint density at radius 1 is 1.35 bits per heavy atom. The Bertz CT molecular complexity index is 580. The summed E-state index contributed by atoms with van der Waals surface area (Å²) >= 11 is 5.22. The minimum atomic E-state index is -0.118. The monoisotopic (exact) mass is 379 g/mol. The van der Waals surface area contributed by atoms with Gasteiger partial charge in [0.25, 0.3) is 0 Å². The van der Waals surface area contributed by atoms with Crippen molar-refractivity contribution in [2.45, 2.75) is 39.2 Å². The van der Waals surface area contributed by atoms with Crippen LogP contribution in [0.5, 0.6) is 5.75 Å². The van der Waals surface area contributed by atoms with Crippen molar-refractivity contribution < 1.29 is 14.3 Å². The van der Waals surface area contributed by atoms with Crippen molar-refractivity contribution in [1.82, 2.24) is 10.2 Å². The summed E-state index contributed by atoms with van der Waals surface area (Å²) in [6, 6.07) is 7.80. The number of unbranched alkanes of at least 4 members (excludes halogenated alkanes) is 2. The van der Waals surface area contributed by atoms with Gasteiger partial charge in [-0.3, -0.25) is 9.69 Å². The molecule has 0 radical (unpaired) electrons. The van der Waals surface area contributed by atoms with E-state index in [2.05, 4.69) is 29.4 Å². The van der Waals surface area contributed by atoms with Crippen molar-refractivity contribution in [2.75, 3.05) is 38.2 Å². The van der Waals surface area contributed by atoms with E-state index >= 15 is 0 Å². The number of amides is 1. The highest BCUT2D eigenvalue weighted by molar-refractivity contribution is 7.80. The lowest BCUT2D eigenvalue weighted by atomic mass is 10.2. The summed E-state index contributed by atoms with van der Waals surface area (Å²) in [5.41, 5.74) is 0.816. The SMILES string of the molecule is CCCCCOc1ccc(NC(=S)NC(=O)CN2CCOCC2C)cc1. The van der Waals surface area contributed by atoms with Gasteiger partial charge in [0.2, 0.25) is 5.91 Å². The van der Waals surface area contributed by atoms with Crippen LogP contribution < -0.4 is 15.4 Å². The van der Waals surface area contributed by atoms with Gasteiger partial charge in [0.15, 0.2) is 5.11 Å². The molecular formula is C19H29N3O3S. The van der Waals surface area contributed by atoms with E-state index in [0.29, 0.717) is 24.9 Å². The smallest absolute Gasteiger partial charge is 0.240 e. The first-order valence-electron chi connectivity index (χ1n) is 9.24. The van der Waals surface area contributed by atoms with Crippen molar-refractivity contribution >= 4 is 28.9 Å². The quantitative estimate of drug-likeness (QED) is 0.535. The van der Waals surface area contributed by atoms with Gasteiger partial charge in [0, 0.05) is 18.3 Å². The first kappa shape index (κ1) is 20.6. The Morgan fingerprint density at radius 2 is 2.12 bits per heavy atom. The molecule has 0 saturated carbocycles. The number of rotatable bonds is 8. The van der Waals surface area contributed by atoms with Gasteiger partial charge in [-0.15, -0.1) is 0 Å². The maximum absolute atomic E-state index is 12.1. The van der Waals surface area contributed by atoms with Crippen LogP contribution in [-0.2, 0) is 9.53 Å². The molecule has 0 bridgehead atoms. The number of nitrogens with one attached hydrogen (secondary N) is 2. The van der Waals surface area contributed by atoms with Gasteiger partial charge in [-0.05, 0) is 49.8 Å². The predicted molar refractivity (Wildman–Crippen MR) is 108 cm³/mol. The lowest BCUT2D eigenvalue weighted by Gasteiger charge is -2.32. The summed E-state index contributed by atoms with van der Waals surface area (Å²) in [4.78, 5) is 14.2. The van der Waals surface area contributed by atoms with Crippen LogP contribution in [0.25, 0.3) is 0 Å². The molecule has 1 aliphatic heterocycles. The molecule has 2 N–H and O–H groups in total. The molecule has 1 amide bonds. The van der Waals surface area contributed by atoms with Crippen LogP contribution in [0.4, 0.5) is 5.69 Å². The number of benzene rings is 1. The largest absolute Gasteiger partial charge is 0.494 e. The van der Waals surface area contributed by atoms with Gasteiger partial charge >= 0.3 is 0 Å². The second-order valence-electron chi connectivity index (χ2n) is 6.48. The number of anilines is 1. The third kappa shape index (κ3) is 7.27. The van der Waals surface area contributed by atoms with Crippen LogP contribution in [0.3, 0.4) is 0 Å². The normalized spacial score (nSPS) is 17.5. The van der Waals surface area contributed by atoms with Gasteiger partial charge in [-0.1, -0.05) is 19.8 Å². The molecule has 1 aliphatic rings. The summed E-state index contributed by atoms with van der Waals surface area (Å²) in [5.74, 6) is 0.718. The Hall–Kier alpha value is -1.70. The lowest BCUT2D eigenvalue weighted by molar-refractivity contribution is -0.122. The lowest BCUT2D eigenvalue weighted by Crippen LogP contribution is -2.49. The van der Waals surface area contributed by atoms with Crippen molar-refractivity contribution in [3.63, 3.8) is 0 Å². The average molecular weight is 380 g/mol. The van der Waals surface area contributed by atoms with E-state index in [1.54, 1.807) is 0 Å². The number of carbonyl (C=O) groups excluding carboxylic acids is 1.